The van der Waals surface area contributed by atoms with Gasteiger partial charge in [0.25, 0.3) is 0 Å². The van der Waals surface area contributed by atoms with Crippen LogP contribution in [0.25, 0.3) is 0 Å². The first-order valence-corrected chi connectivity index (χ1v) is 11.6. The number of aromatic hydroxyl groups is 1. The Hall–Kier alpha value is -3.56. The third-order valence-corrected chi connectivity index (χ3v) is 5.29. The molecule has 0 heterocycles. The fraction of sp³-hybridized carbons (Fsp3) is 0.476. The number of benzene rings is 1. The molecule has 4 unspecified atom stereocenters. The topological polar surface area (TPSA) is 255 Å². The van der Waals surface area contributed by atoms with Crippen LogP contribution in [0.3, 0.4) is 0 Å². The molecule has 200 valence electrons. The fourth-order valence-electron chi connectivity index (χ4n) is 2.93. The van der Waals surface area contributed by atoms with Crippen molar-refractivity contribution in [1.82, 2.24) is 16.0 Å². The van der Waals surface area contributed by atoms with Gasteiger partial charge in [-0.1, -0.05) is 12.1 Å². The van der Waals surface area contributed by atoms with E-state index in [2.05, 4.69) is 33.6 Å². The average molecular weight is 528 g/mol. The van der Waals surface area contributed by atoms with Crippen LogP contribution in [0.2, 0.25) is 0 Å². The number of phenolic OH excluding ortho intramolecular Hbond substituents is 1. The van der Waals surface area contributed by atoms with Gasteiger partial charge in [0.15, 0.2) is 5.96 Å². The molecule has 15 heteroatoms. The van der Waals surface area contributed by atoms with Crippen molar-refractivity contribution in [2.45, 2.75) is 43.4 Å². The van der Waals surface area contributed by atoms with Crippen molar-refractivity contribution in [3.63, 3.8) is 0 Å². The summed E-state index contributed by atoms with van der Waals surface area (Å²) in [4.78, 5) is 52.8. The van der Waals surface area contributed by atoms with Crippen LogP contribution in [0, 0.1) is 0 Å². The second-order valence-corrected chi connectivity index (χ2v) is 8.18. The number of carbonyl (C=O) groups excluding carboxylic acids is 3. The van der Waals surface area contributed by atoms with Crippen LogP contribution >= 0.6 is 12.6 Å². The molecule has 1 aromatic rings. The highest BCUT2D eigenvalue weighted by atomic mass is 32.1. The number of aliphatic carboxylic acids is 1. The third kappa shape index (κ3) is 10.8. The fourth-order valence-corrected chi connectivity index (χ4v) is 3.19. The van der Waals surface area contributed by atoms with Crippen molar-refractivity contribution in [2.75, 3.05) is 18.9 Å². The largest absolute Gasteiger partial charge is 0.508 e. The number of nitrogens with zero attached hydrogens (tertiary/aromatic N) is 1. The Balaban J connectivity index is 2.70. The highest BCUT2D eigenvalue weighted by Gasteiger charge is 2.29. The first-order valence-electron chi connectivity index (χ1n) is 10.9. The van der Waals surface area contributed by atoms with Gasteiger partial charge in [-0.05, 0) is 30.5 Å². The van der Waals surface area contributed by atoms with Crippen molar-refractivity contribution in [1.29, 1.82) is 0 Å². The quantitative estimate of drug-likeness (QED) is 0.0472. The molecule has 0 fully saturated rings. The van der Waals surface area contributed by atoms with Crippen LogP contribution in [0.4, 0.5) is 0 Å². The Bertz CT molecular complexity index is 926. The maximum absolute atomic E-state index is 12.6. The molecule has 12 N–H and O–H groups in total. The van der Waals surface area contributed by atoms with E-state index in [0.717, 1.165) is 0 Å². The summed E-state index contributed by atoms with van der Waals surface area (Å²) in [5.41, 5.74) is 16.8. The molecular weight excluding hydrogens is 494 g/mol. The van der Waals surface area contributed by atoms with Crippen molar-refractivity contribution in [3.8, 4) is 5.75 Å². The van der Waals surface area contributed by atoms with Gasteiger partial charge < -0.3 is 48.5 Å². The lowest BCUT2D eigenvalue weighted by molar-refractivity contribution is -0.142. The number of carbonyl (C=O) groups is 4. The van der Waals surface area contributed by atoms with Crippen molar-refractivity contribution in [2.24, 2.45) is 22.2 Å². The van der Waals surface area contributed by atoms with Crippen LogP contribution in [0.5, 0.6) is 5.75 Å². The van der Waals surface area contributed by atoms with Crippen LogP contribution < -0.4 is 33.2 Å². The second kappa shape index (κ2) is 15.4. The van der Waals surface area contributed by atoms with Crippen molar-refractivity contribution in [3.05, 3.63) is 29.8 Å². The van der Waals surface area contributed by atoms with E-state index >= 15 is 0 Å². The molecule has 4 atom stereocenters. The maximum Gasteiger partial charge on any atom is 0.326 e. The van der Waals surface area contributed by atoms with Crippen LogP contribution in [0.15, 0.2) is 29.3 Å². The van der Waals surface area contributed by atoms with E-state index in [1.54, 1.807) is 0 Å². The van der Waals surface area contributed by atoms with Gasteiger partial charge in [0.05, 0.1) is 12.6 Å². The highest BCUT2D eigenvalue weighted by molar-refractivity contribution is 7.80. The number of nitrogens with one attached hydrogen (secondary N) is 3. The minimum atomic E-state index is -1.49. The molecule has 0 saturated heterocycles. The van der Waals surface area contributed by atoms with E-state index < -0.39 is 54.5 Å². The number of carboxylic acid groups (broad SMARTS) is 1. The molecule has 0 radical (unpaired) electrons. The molecule has 0 aliphatic rings. The van der Waals surface area contributed by atoms with E-state index in [9.17, 15) is 34.5 Å². The van der Waals surface area contributed by atoms with Gasteiger partial charge in [-0.2, -0.15) is 12.6 Å². The number of aliphatic hydroxyl groups excluding tert-OH is 1. The number of amides is 3. The normalized spacial score (nSPS) is 14.0. The van der Waals surface area contributed by atoms with Gasteiger partial charge in [0.1, 0.15) is 23.9 Å². The number of aliphatic hydroxyl groups is 1. The molecule has 0 aliphatic heterocycles. The van der Waals surface area contributed by atoms with Crippen LogP contribution in [-0.2, 0) is 25.6 Å². The SMILES string of the molecule is NC(N)=NCCCC(N)C(=O)NC(CS)C(=O)NC(CO)C(=O)NC(Cc1ccc(O)cc1)C(=O)O. The Morgan fingerprint density at radius 3 is 2.03 bits per heavy atom. The van der Waals surface area contributed by atoms with E-state index in [1.807, 2.05) is 0 Å². The van der Waals surface area contributed by atoms with Gasteiger partial charge in [-0.25, -0.2) is 4.79 Å². The van der Waals surface area contributed by atoms with Crippen molar-refractivity contribution < 1.29 is 34.5 Å². The molecule has 0 aromatic heterocycles. The molecule has 1 rings (SSSR count). The van der Waals surface area contributed by atoms with Gasteiger partial charge in [-0.3, -0.25) is 19.4 Å². The van der Waals surface area contributed by atoms with Gasteiger partial charge >= 0.3 is 5.97 Å². The zero-order chi connectivity index (χ0) is 27.3. The number of nitrogens with two attached hydrogens (primary N) is 3. The maximum atomic E-state index is 12.6. The molecule has 36 heavy (non-hydrogen) atoms. The lowest BCUT2D eigenvalue weighted by Crippen LogP contribution is -2.58. The van der Waals surface area contributed by atoms with E-state index in [1.165, 1.54) is 24.3 Å². The number of hydrogen-bond acceptors (Lipinski definition) is 9. The van der Waals surface area contributed by atoms with Crippen LogP contribution in [-0.4, -0.2) is 88.0 Å². The third-order valence-electron chi connectivity index (χ3n) is 4.93. The minimum absolute atomic E-state index is 0.00421. The summed E-state index contributed by atoms with van der Waals surface area (Å²) >= 11 is 4.03. The summed E-state index contributed by atoms with van der Waals surface area (Å²) in [6.07, 6.45) is 0.554. The summed E-state index contributed by atoms with van der Waals surface area (Å²) in [6.45, 7) is -0.558. The number of thiol groups is 1. The summed E-state index contributed by atoms with van der Waals surface area (Å²) in [5.74, 6) is -3.99. The second-order valence-electron chi connectivity index (χ2n) is 7.81. The lowest BCUT2D eigenvalue weighted by atomic mass is 10.1. The smallest absolute Gasteiger partial charge is 0.326 e. The lowest BCUT2D eigenvalue weighted by Gasteiger charge is -2.23. The Labute approximate surface area is 213 Å². The number of hydrogen-bond donors (Lipinski definition) is 10. The minimum Gasteiger partial charge on any atom is -0.508 e. The number of guanidine groups is 1. The van der Waals surface area contributed by atoms with E-state index in [0.29, 0.717) is 12.0 Å². The summed E-state index contributed by atoms with van der Waals surface area (Å²) in [5, 5.41) is 35.3. The van der Waals surface area contributed by atoms with Crippen molar-refractivity contribution >= 4 is 42.3 Å². The monoisotopic (exact) mass is 527 g/mol. The first-order chi connectivity index (χ1) is 17.0. The summed E-state index contributed by atoms with van der Waals surface area (Å²) in [6, 6.07) is 0.726. The molecule has 3 amide bonds. The molecule has 0 spiro atoms. The van der Waals surface area contributed by atoms with E-state index in [4.69, 9.17) is 17.2 Å². The molecular formula is C21H33N7O7S. The highest BCUT2D eigenvalue weighted by Crippen LogP contribution is 2.11. The van der Waals surface area contributed by atoms with Gasteiger partial charge in [0, 0.05) is 18.7 Å². The Morgan fingerprint density at radius 2 is 1.50 bits per heavy atom. The van der Waals surface area contributed by atoms with Crippen LogP contribution in [0.1, 0.15) is 18.4 Å². The number of carboxylic acids is 1. The molecule has 14 nitrogen and oxygen atoms in total. The zero-order valence-corrected chi connectivity index (χ0v) is 20.4. The molecule has 1 aromatic carbocycles. The standard InChI is InChI=1S/C21H33N7O7S/c22-13(2-1-7-25-21(23)24)17(31)28-16(10-36)19(33)27-15(9-29)18(32)26-14(20(34)35)8-11-3-5-12(30)6-4-11/h3-6,13-16,29-30,36H,1-2,7-10,22H2,(H,26,32)(H,27,33)(H,28,31)(H,34,35)(H4,23,24,25). The summed E-state index contributed by atoms with van der Waals surface area (Å²) < 4.78 is 0. The predicted molar refractivity (Wildman–Crippen MR) is 134 cm³/mol. The Kier molecular flexibility index (Phi) is 13.1. The molecule has 0 saturated carbocycles. The number of rotatable bonds is 15. The first kappa shape index (κ1) is 30.5. The van der Waals surface area contributed by atoms with Gasteiger partial charge in [-0.15, -0.1) is 0 Å². The van der Waals surface area contributed by atoms with E-state index in [-0.39, 0.29) is 36.8 Å². The van der Waals surface area contributed by atoms with Gasteiger partial charge in [0.2, 0.25) is 17.7 Å². The molecule has 0 bridgehead atoms. The number of aliphatic imine (C=N–C) groups is 1. The summed E-state index contributed by atoms with van der Waals surface area (Å²) in [7, 11) is 0. The Morgan fingerprint density at radius 1 is 0.944 bits per heavy atom. The number of phenols is 1. The zero-order valence-electron chi connectivity index (χ0n) is 19.5. The average Bonchev–Trinajstić information content (AvgIpc) is 2.83. The predicted octanol–water partition coefficient (Wildman–Crippen LogP) is -3.22. The molecule has 0 aliphatic carbocycles.